The average Bonchev–Trinajstić information content (AvgIpc) is 2.80. The molecule has 0 bridgehead atoms. The van der Waals surface area contributed by atoms with Gasteiger partial charge in [-0.15, -0.1) is 13.2 Å². The molecule has 0 radical (unpaired) electrons. The van der Waals surface area contributed by atoms with E-state index in [0.717, 1.165) is 5.56 Å². The van der Waals surface area contributed by atoms with Gasteiger partial charge in [0, 0.05) is 13.1 Å². The minimum Gasteiger partial charge on any atom is -0.503 e. The molecule has 0 saturated carbocycles. The zero-order chi connectivity index (χ0) is 19.5. The smallest absolute Gasteiger partial charge is 0.503 e. The van der Waals surface area contributed by atoms with Gasteiger partial charge >= 0.3 is 6.36 Å². The van der Waals surface area contributed by atoms with Gasteiger partial charge in [-0.25, -0.2) is 0 Å². The third-order valence-corrected chi connectivity index (χ3v) is 3.90. The van der Waals surface area contributed by atoms with Gasteiger partial charge in [0.15, 0.2) is 5.76 Å². The van der Waals surface area contributed by atoms with Gasteiger partial charge in [0.2, 0.25) is 0 Å². The number of nitrogens with zero attached hydrogens (tertiary/aromatic N) is 1. The number of likely N-dealkylation sites (N-methyl/N-ethyl adjacent to an activating group) is 1. The zero-order valence-electron chi connectivity index (χ0n) is 14.3. The maximum absolute atomic E-state index is 12.1. The summed E-state index contributed by atoms with van der Waals surface area (Å²) in [6.45, 7) is 1.81. The van der Waals surface area contributed by atoms with Crippen molar-refractivity contribution < 1.29 is 32.6 Å². The first-order valence-electron chi connectivity index (χ1n) is 7.90. The first kappa shape index (κ1) is 19.6. The molecule has 2 N–H and O–H groups in total. The fraction of sp³-hybridized carbons (Fsp3) is 0.412. The van der Waals surface area contributed by atoms with E-state index in [0.29, 0.717) is 12.8 Å². The molecule has 0 aromatic heterocycles. The summed E-state index contributed by atoms with van der Waals surface area (Å²) in [4.78, 5) is 24.8. The van der Waals surface area contributed by atoms with E-state index in [1.165, 1.54) is 36.2 Å². The minimum atomic E-state index is -4.73. The van der Waals surface area contributed by atoms with Gasteiger partial charge in [-0.1, -0.05) is 12.1 Å². The van der Waals surface area contributed by atoms with Crippen molar-refractivity contribution in [2.75, 3.05) is 13.6 Å². The Morgan fingerprint density at radius 3 is 2.46 bits per heavy atom. The van der Waals surface area contributed by atoms with Gasteiger partial charge in [-0.3, -0.25) is 9.59 Å². The van der Waals surface area contributed by atoms with E-state index in [9.17, 15) is 27.9 Å². The highest BCUT2D eigenvalue weighted by molar-refractivity contribution is 6.06. The number of benzene rings is 1. The Balaban J connectivity index is 1.84. The summed E-state index contributed by atoms with van der Waals surface area (Å²) in [5, 5.41) is 12.4. The summed E-state index contributed by atoms with van der Waals surface area (Å²) in [6, 6.07) is 5.25. The maximum Gasteiger partial charge on any atom is 0.573 e. The van der Waals surface area contributed by atoms with Crippen molar-refractivity contribution in [2.45, 2.75) is 32.2 Å². The molecule has 1 aliphatic rings. The number of alkyl halides is 3. The molecule has 6 nitrogen and oxygen atoms in total. The van der Waals surface area contributed by atoms with E-state index >= 15 is 0 Å². The largest absolute Gasteiger partial charge is 0.573 e. The molecule has 2 rings (SSSR count). The number of carbonyl (C=O) groups excluding carboxylic acids is 2. The van der Waals surface area contributed by atoms with Gasteiger partial charge in [0.25, 0.3) is 11.8 Å². The molecule has 1 atom stereocenters. The standard InChI is InChI=1S/C17H19F3N2O4/c1-10(21-15(24)13-9-22(2)16(25)14(13)23)3-4-11-5-7-12(8-6-11)26-17(18,19)20/h5-8,10,23H,3-4,9H2,1-2H3,(H,21,24). The number of amides is 2. The van der Waals surface area contributed by atoms with Gasteiger partial charge in [-0.05, 0) is 37.5 Å². The predicted octanol–water partition coefficient (Wildman–Crippen LogP) is 2.31. The SMILES string of the molecule is CC(CCc1ccc(OC(F)(F)F)cc1)NC(=O)C1=C(O)C(=O)N(C)C1. The zero-order valence-corrected chi connectivity index (χ0v) is 14.3. The predicted molar refractivity (Wildman–Crippen MR) is 86.3 cm³/mol. The van der Waals surface area contributed by atoms with Gasteiger partial charge < -0.3 is 20.1 Å². The highest BCUT2D eigenvalue weighted by Crippen LogP contribution is 2.23. The van der Waals surface area contributed by atoms with Crippen LogP contribution in [0.1, 0.15) is 18.9 Å². The second kappa shape index (κ2) is 7.67. The Kier molecular flexibility index (Phi) is 5.79. The topological polar surface area (TPSA) is 78.9 Å². The normalized spacial score (nSPS) is 16.0. The molecule has 26 heavy (non-hydrogen) atoms. The Hall–Kier alpha value is -2.71. The monoisotopic (exact) mass is 372 g/mol. The number of halogens is 3. The van der Waals surface area contributed by atoms with Crippen molar-refractivity contribution in [3.05, 3.63) is 41.2 Å². The van der Waals surface area contributed by atoms with Gasteiger partial charge in [0.05, 0.1) is 12.1 Å². The average molecular weight is 372 g/mol. The van der Waals surface area contributed by atoms with Crippen LogP contribution in [0.3, 0.4) is 0 Å². The van der Waals surface area contributed by atoms with Crippen LogP contribution in [0, 0.1) is 0 Å². The fourth-order valence-corrected chi connectivity index (χ4v) is 2.50. The molecule has 0 saturated heterocycles. The number of aliphatic hydroxyl groups excluding tert-OH is 1. The first-order valence-corrected chi connectivity index (χ1v) is 7.90. The van der Waals surface area contributed by atoms with E-state index in [4.69, 9.17) is 0 Å². The highest BCUT2D eigenvalue weighted by Gasteiger charge is 2.32. The molecule has 1 heterocycles. The van der Waals surface area contributed by atoms with Crippen molar-refractivity contribution in [1.82, 2.24) is 10.2 Å². The van der Waals surface area contributed by atoms with E-state index < -0.39 is 23.9 Å². The Bertz CT molecular complexity index is 714. The van der Waals surface area contributed by atoms with E-state index in [-0.39, 0.29) is 23.9 Å². The quantitative estimate of drug-likeness (QED) is 0.803. The molecule has 142 valence electrons. The number of hydrogen-bond donors (Lipinski definition) is 2. The van der Waals surface area contributed by atoms with Crippen LogP contribution < -0.4 is 10.1 Å². The molecular weight excluding hydrogens is 353 g/mol. The third kappa shape index (κ3) is 5.14. The lowest BCUT2D eigenvalue weighted by atomic mass is 10.1. The lowest BCUT2D eigenvalue weighted by molar-refractivity contribution is -0.274. The van der Waals surface area contributed by atoms with Crippen molar-refractivity contribution in [1.29, 1.82) is 0 Å². The highest BCUT2D eigenvalue weighted by atomic mass is 19.4. The van der Waals surface area contributed by atoms with E-state index in [1.807, 2.05) is 0 Å². The number of aryl methyl sites for hydroxylation is 1. The molecule has 0 fully saturated rings. The van der Waals surface area contributed by atoms with Crippen LogP contribution in [-0.2, 0) is 16.0 Å². The summed E-state index contributed by atoms with van der Waals surface area (Å²) in [6.07, 6.45) is -3.67. The first-order chi connectivity index (χ1) is 12.1. The fourth-order valence-electron chi connectivity index (χ4n) is 2.50. The van der Waals surface area contributed by atoms with Crippen LogP contribution in [0.25, 0.3) is 0 Å². The molecule has 0 spiro atoms. The molecule has 1 aliphatic heterocycles. The Morgan fingerprint density at radius 1 is 1.35 bits per heavy atom. The molecule has 2 amide bonds. The molecule has 1 unspecified atom stereocenters. The molecular formula is C17H19F3N2O4. The second-order valence-electron chi connectivity index (χ2n) is 6.09. The van der Waals surface area contributed by atoms with Crippen molar-refractivity contribution >= 4 is 11.8 Å². The molecule has 0 aliphatic carbocycles. The van der Waals surface area contributed by atoms with Crippen LogP contribution in [0.15, 0.2) is 35.6 Å². The van der Waals surface area contributed by atoms with Crippen LogP contribution in [0.4, 0.5) is 13.2 Å². The van der Waals surface area contributed by atoms with Crippen LogP contribution >= 0.6 is 0 Å². The van der Waals surface area contributed by atoms with Crippen LogP contribution in [-0.4, -0.2) is 47.8 Å². The van der Waals surface area contributed by atoms with E-state index in [2.05, 4.69) is 10.1 Å². The van der Waals surface area contributed by atoms with Crippen LogP contribution in [0.5, 0.6) is 5.75 Å². The summed E-state index contributed by atoms with van der Waals surface area (Å²) in [5.74, 6) is -1.94. The van der Waals surface area contributed by atoms with Crippen molar-refractivity contribution in [3.8, 4) is 5.75 Å². The molecule has 1 aromatic rings. The lowest BCUT2D eigenvalue weighted by Crippen LogP contribution is -2.35. The second-order valence-corrected chi connectivity index (χ2v) is 6.09. The number of ether oxygens (including phenoxy) is 1. The number of aliphatic hydroxyl groups is 1. The summed E-state index contributed by atoms with van der Waals surface area (Å²) >= 11 is 0. The number of hydrogen-bond acceptors (Lipinski definition) is 4. The van der Waals surface area contributed by atoms with Crippen molar-refractivity contribution in [3.63, 3.8) is 0 Å². The third-order valence-electron chi connectivity index (χ3n) is 3.90. The maximum atomic E-state index is 12.1. The Labute approximate surface area is 148 Å². The minimum absolute atomic E-state index is 0.0259. The Morgan fingerprint density at radius 2 is 1.96 bits per heavy atom. The van der Waals surface area contributed by atoms with Crippen LogP contribution in [0.2, 0.25) is 0 Å². The number of carbonyl (C=O) groups is 2. The van der Waals surface area contributed by atoms with E-state index in [1.54, 1.807) is 6.92 Å². The summed E-state index contributed by atoms with van der Waals surface area (Å²) in [5.41, 5.74) is 0.816. The number of rotatable bonds is 6. The number of nitrogens with one attached hydrogen (secondary N) is 1. The molecule has 9 heteroatoms. The van der Waals surface area contributed by atoms with Gasteiger partial charge in [-0.2, -0.15) is 0 Å². The molecule has 1 aromatic carbocycles. The summed E-state index contributed by atoms with van der Waals surface area (Å²) < 4.78 is 40.1. The van der Waals surface area contributed by atoms with Gasteiger partial charge in [0.1, 0.15) is 5.75 Å². The van der Waals surface area contributed by atoms with Crippen molar-refractivity contribution in [2.24, 2.45) is 0 Å². The lowest BCUT2D eigenvalue weighted by Gasteiger charge is -2.15. The summed E-state index contributed by atoms with van der Waals surface area (Å²) in [7, 11) is 1.48.